The topological polar surface area (TPSA) is 84.9 Å². The molecule has 1 N–H and O–H groups in total. The van der Waals surface area contributed by atoms with Gasteiger partial charge in [0.15, 0.2) is 6.10 Å². The van der Waals surface area contributed by atoms with Crippen molar-refractivity contribution in [3.63, 3.8) is 0 Å². The minimum Gasteiger partial charge on any atom is -0.496 e. The second-order valence-electron chi connectivity index (χ2n) is 8.63. The maximum Gasteiger partial charge on any atom is 0.264 e. The Bertz CT molecular complexity index is 1320. The Kier molecular flexibility index (Phi) is 7.03. The van der Waals surface area contributed by atoms with Crippen LogP contribution in [0.2, 0.25) is 0 Å². The lowest BCUT2D eigenvalue weighted by molar-refractivity contribution is -0.128. The van der Waals surface area contributed by atoms with Gasteiger partial charge in [0.1, 0.15) is 11.5 Å². The Morgan fingerprint density at radius 1 is 1.11 bits per heavy atom. The Balaban J connectivity index is 1.63. The first-order chi connectivity index (χ1) is 16.7. The van der Waals surface area contributed by atoms with Gasteiger partial charge in [-0.05, 0) is 67.3 Å². The number of carbonyl (C=O) groups excluding carboxylic acids is 1. The highest BCUT2D eigenvalue weighted by molar-refractivity contribution is 7.92. The van der Waals surface area contributed by atoms with Crippen LogP contribution in [0.4, 0.5) is 5.69 Å². The third kappa shape index (κ3) is 4.98. The van der Waals surface area contributed by atoms with Gasteiger partial charge >= 0.3 is 0 Å². The molecule has 0 aromatic heterocycles. The molecule has 35 heavy (non-hydrogen) atoms. The molecule has 1 aliphatic rings. The number of hydrogen-bond acceptors (Lipinski definition) is 5. The molecule has 0 unspecified atom stereocenters. The standard InChI is InChI=1S/C27H30N2O5S/c1-5-22(20-12-14-24(33-4)19(3)16-20)28-27(30)26-17-29(23-13-11-18(2)15-25(23)34-26)35(31,32)21-9-7-6-8-10-21/h6-16,22,26H,5,17H2,1-4H3,(H,28,30)/t22-,26-/m1/s1. The highest BCUT2D eigenvalue weighted by Crippen LogP contribution is 2.38. The third-order valence-corrected chi connectivity index (χ3v) is 7.95. The first kappa shape index (κ1) is 24.6. The predicted octanol–water partition coefficient (Wildman–Crippen LogP) is 4.54. The summed E-state index contributed by atoms with van der Waals surface area (Å²) in [7, 11) is -2.27. The van der Waals surface area contributed by atoms with E-state index in [0.717, 1.165) is 22.4 Å². The molecule has 8 heteroatoms. The Morgan fingerprint density at radius 3 is 2.51 bits per heavy atom. The van der Waals surface area contributed by atoms with Crippen LogP contribution >= 0.6 is 0 Å². The summed E-state index contributed by atoms with van der Waals surface area (Å²) < 4.78 is 39.7. The van der Waals surface area contributed by atoms with Gasteiger partial charge in [0.05, 0.1) is 30.3 Å². The second-order valence-corrected chi connectivity index (χ2v) is 10.5. The van der Waals surface area contributed by atoms with E-state index in [9.17, 15) is 13.2 Å². The first-order valence-corrected chi connectivity index (χ1v) is 13.0. The first-order valence-electron chi connectivity index (χ1n) is 11.5. The van der Waals surface area contributed by atoms with E-state index in [2.05, 4.69) is 5.32 Å². The molecule has 3 aromatic rings. The van der Waals surface area contributed by atoms with Crippen LogP contribution < -0.4 is 19.1 Å². The zero-order valence-corrected chi connectivity index (χ0v) is 21.1. The molecule has 7 nitrogen and oxygen atoms in total. The van der Waals surface area contributed by atoms with Crippen LogP contribution in [0.15, 0.2) is 71.6 Å². The maximum atomic E-state index is 13.5. The zero-order valence-electron chi connectivity index (χ0n) is 20.3. The van der Waals surface area contributed by atoms with Crippen molar-refractivity contribution in [2.45, 2.75) is 44.2 Å². The highest BCUT2D eigenvalue weighted by Gasteiger charge is 2.38. The Morgan fingerprint density at radius 2 is 1.86 bits per heavy atom. The number of amides is 1. The van der Waals surface area contributed by atoms with Gasteiger partial charge in [0, 0.05) is 0 Å². The fraction of sp³-hybridized carbons (Fsp3) is 0.296. The van der Waals surface area contributed by atoms with Gasteiger partial charge in [-0.25, -0.2) is 8.42 Å². The van der Waals surface area contributed by atoms with Gasteiger partial charge in [-0.1, -0.05) is 43.3 Å². The molecule has 0 spiro atoms. The van der Waals surface area contributed by atoms with Crippen LogP contribution in [0.1, 0.15) is 36.1 Å². The summed E-state index contributed by atoms with van der Waals surface area (Å²) in [6, 6.07) is 19.0. The maximum absolute atomic E-state index is 13.5. The van der Waals surface area contributed by atoms with Crippen molar-refractivity contribution >= 4 is 21.6 Å². The molecule has 0 aliphatic carbocycles. The number of fused-ring (bicyclic) bond motifs is 1. The number of anilines is 1. The van der Waals surface area contributed by atoms with Crippen molar-refractivity contribution in [1.29, 1.82) is 0 Å². The van der Waals surface area contributed by atoms with E-state index in [-0.39, 0.29) is 23.4 Å². The molecule has 184 valence electrons. The lowest BCUT2D eigenvalue weighted by atomic mass is 10.0. The number of ether oxygens (including phenoxy) is 2. The summed E-state index contributed by atoms with van der Waals surface area (Å²) in [5, 5.41) is 3.05. The fourth-order valence-corrected chi connectivity index (χ4v) is 5.75. The van der Waals surface area contributed by atoms with Crippen LogP contribution in [0, 0.1) is 13.8 Å². The number of benzene rings is 3. The van der Waals surface area contributed by atoms with Crippen LogP contribution in [-0.2, 0) is 14.8 Å². The summed E-state index contributed by atoms with van der Waals surface area (Å²) in [5.41, 5.74) is 3.24. The number of carbonyl (C=O) groups is 1. The molecule has 1 heterocycles. The van der Waals surface area contributed by atoms with E-state index in [1.165, 1.54) is 4.31 Å². The summed E-state index contributed by atoms with van der Waals surface area (Å²) in [5.74, 6) is 0.772. The van der Waals surface area contributed by atoms with Gasteiger partial charge in [-0.2, -0.15) is 0 Å². The number of hydrogen-bond donors (Lipinski definition) is 1. The van der Waals surface area contributed by atoms with E-state index < -0.39 is 16.1 Å². The minimum atomic E-state index is -3.89. The monoisotopic (exact) mass is 494 g/mol. The minimum absolute atomic E-state index is 0.128. The quantitative estimate of drug-likeness (QED) is 0.521. The number of methoxy groups -OCH3 is 1. The fourth-order valence-electron chi connectivity index (χ4n) is 4.25. The molecular formula is C27H30N2O5S. The molecule has 3 aromatic carbocycles. The van der Waals surface area contributed by atoms with Gasteiger partial charge in [0.2, 0.25) is 0 Å². The lowest BCUT2D eigenvalue weighted by Crippen LogP contribution is -2.51. The number of nitrogens with zero attached hydrogens (tertiary/aromatic N) is 1. The Labute approximate surface area is 206 Å². The molecule has 0 fully saturated rings. The highest BCUT2D eigenvalue weighted by atomic mass is 32.2. The van der Waals surface area contributed by atoms with E-state index in [0.29, 0.717) is 17.9 Å². The van der Waals surface area contributed by atoms with Gasteiger partial charge in [-0.3, -0.25) is 9.10 Å². The van der Waals surface area contributed by atoms with E-state index in [1.54, 1.807) is 49.6 Å². The van der Waals surface area contributed by atoms with Crippen LogP contribution in [-0.4, -0.2) is 34.1 Å². The van der Waals surface area contributed by atoms with Crippen molar-refractivity contribution in [2.75, 3.05) is 18.0 Å². The van der Waals surface area contributed by atoms with Gasteiger partial charge < -0.3 is 14.8 Å². The summed E-state index contributed by atoms with van der Waals surface area (Å²) in [4.78, 5) is 13.5. The molecule has 0 bridgehead atoms. The number of aryl methyl sites for hydroxylation is 2. The largest absolute Gasteiger partial charge is 0.496 e. The number of rotatable bonds is 7. The zero-order chi connectivity index (χ0) is 25.2. The van der Waals surface area contributed by atoms with E-state index >= 15 is 0 Å². The number of sulfonamides is 1. The van der Waals surface area contributed by atoms with E-state index in [4.69, 9.17) is 9.47 Å². The average Bonchev–Trinajstić information content (AvgIpc) is 2.86. The summed E-state index contributed by atoms with van der Waals surface area (Å²) in [6.07, 6.45) is -0.345. The van der Waals surface area contributed by atoms with Crippen LogP contribution in [0.25, 0.3) is 0 Å². The molecule has 4 rings (SSSR count). The van der Waals surface area contributed by atoms with Crippen molar-refractivity contribution in [3.8, 4) is 11.5 Å². The third-order valence-electron chi connectivity index (χ3n) is 6.15. The second kappa shape index (κ2) is 10.00. The normalized spacial score (nSPS) is 16.1. The SMILES string of the molecule is CC[C@@H](NC(=O)[C@H]1CN(S(=O)(=O)c2ccccc2)c2ccc(C)cc2O1)c1ccc(OC)c(C)c1. The van der Waals surface area contributed by atoms with Gasteiger partial charge in [-0.15, -0.1) is 0 Å². The van der Waals surface area contributed by atoms with Crippen molar-refractivity contribution in [3.05, 3.63) is 83.4 Å². The van der Waals surface area contributed by atoms with Crippen molar-refractivity contribution < 1.29 is 22.7 Å². The van der Waals surface area contributed by atoms with Crippen molar-refractivity contribution in [1.82, 2.24) is 5.32 Å². The molecule has 0 radical (unpaired) electrons. The summed E-state index contributed by atoms with van der Waals surface area (Å²) in [6.45, 7) is 5.70. The van der Waals surface area contributed by atoms with E-state index in [1.807, 2.05) is 45.0 Å². The smallest absolute Gasteiger partial charge is 0.264 e. The molecular weight excluding hydrogens is 464 g/mol. The Hall–Kier alpha value is -3.52. The lowest BCUT2D eigenvalue weighted by Gasteiger charge is -2.35. The van der Waals surface area contributed by atoms with Gasteiger partial charge in [0.25, 0.3) is 15.9 Å². The predicted molar refractivity (Wildman–Crippen MR) is 135 cm³/mol. The molecule has 2 atom stereocenters. The number of nitrogens with one attached hydrogen (secondary N) is 1. The summed E-state index contributed by atoms with van der Waals surface area (Å²) >= 11 is 0. The van der Waals surface area contributed by atoms with Crippen LogP contribution in [0.5, 0.6) is 11.5 Å². The molecule has 0 saturated heterocycles. The van der Waals surface area contributed by atoms with Crippen molar-refractivity contribution in [2.24, 2.45) is 0 Å². The van der Waals surface area contributed by atoms with Crippen LogP contribution in [0.3, 0.4) is 0 Å². The molecule has 1 amide bonds. The average molecular weight is 495 g/mol. The molecule has 0 saturated carbocycles. The molecule has 1 aliphatic heterocycles.